The van der Waals surface area contributed by atoms with Gasteiger partial charge in [0.15, 0.2) is 5.65 Å². The highest BCUT2D eigenvalue weighted by molar-refractivity contribution is 5.87. The molecule has 24 heavy (non-hydrogen) atoms. The van der Waals surface area contributed by atoms with Crippen LogP contribution in [-0.2, 0) is 0 Å². The van der Waals surface area contributed by atoms with Crippen molar-refractivity contribution in [2.75, 3.05) is 0 Å². The topological polar surface area (TPSA) is 43.6 Å². The highest BCUT2D eigenvalue weighted by Crippen LogP contribution is 2.28. The third kappa shape index (κ3) is 2.46. The third-order valence-electron chi connectivity index (χ3n) is 4.18. The van der Waals surface area contributed by atoms with E-state index >= 15 is 0 Å². The predicted octanol–water partition coefficient (Wildman–Crippen LogP) is 4.74. The molecule has 0 unspecified atom stereocenters. The smallest absolute Gasteiger partial charge is 0.164 e. The first kappa shape index (κ1) is 14.6. The molecule has 4 rings (SSSR count). The zero-order valence-corrected chi connectivity index (χ0v) is 13.7. The maximum atomic E-state index is 4.53. The lowest BCUT2D eigenvalue weighted by Gasteiger charge is -2.08. The second kappa shape index (κ2) is 5.89. The van der Waals surface area contributed by atoms with Crippen molar-refractivity contribution in [3.8, 4) is 22.4 Å². The van der Waals surface area contributed by atoms with E-state index < -0.39 is 0 Å². The molecule has 0 saturated carbocycles. The number of rotatable bonds is 3. The van der Waals surface area contributed by atoms with E-state index in [1.165, 1.54) is 11.1 Å². The maximum Gasteiger partial charge on any atom is 0.164 e. The van der Waals surface area contributed by atoms with Crippen molar-refractivity contribution < 1.29 is 0 Å². The maximum absolute atomic E-state index is 4.53. The van der Waals surface area contributed by atoms with Crippen molar-refractivity contribution in [3.05, 3.63) is 67.3 Å². The minimum Gasteiger partial charge on any atom is -0.313 e. The molecular formula is C20H18N4. The van der Waals surface area contributed by atoms with Crippen LogP contribution in [0.5, 0.6) is 0 Å². The quantitative estimate of drug-likeness (QED) is 0.548. The molecule has 0 saturated heterocycles. The zero-order valence-electron chi connectivity index (χ0n) is 13.7. The van der Waals surface area contributed by atoms with Gasteiger partial charge in [-0.1, -0.05) is 54.6 Å². The van der Waals surface area contributed by atoms with E-state index in [0.717, 1.165) is 22.4 Å². The van der Waals surface area contributed by atoms with Gasteiger partial charge in [-0.2, -0.15) is 0 Å². The van der Waals surface area contributed by atoms with Gasteiger partial charge in [-0.3, -0.25) is 0 Å². The molecule has 2 aromatic heterocycles. The second-order valence-corrected chi connectivity index (χ2v) is 6.08. The Bertz CT molecular complexity index is 970. The molecule has 118 valence electrons. The second-order valence-electron chi connectivity index (χ2n) is 6.08. The Morgan fingerprint density at radius 3 is 2.12 bits per heavy atom. The average molecular weight is 314 g/mol. The van der Waals surface area contributed by atoms with Crippen molar-refractivity contribution in [2.24, 2.45) is 0 Å². The molecule has 4 aromatic rings. The summed E-state index contributed by atoms with van der Waals surface area (Å²) in [6.45, 7) is 4.25. The van der Waals surface area contributed by atoms with Gasteiger partial charge in [0.05, 0.1) is 6.33 Å². The van der Waals surface area contributed by atoms with Crippen LogP contribution in [0, 0.1) is 0 Å². The lowest BCUT2D eigenvalue weighted by atomic mass is 10.0. The Hall–Kier alpha value is -3.01. The van der Waals surface area contributed by atoms with Crippen LogP contribution in [0.15, 0.2) is 67.3 Å². The Morgan fingerprint density at radius 2 is 1.42 bits per heavy atom. The summed E-state index contributed by atoms with van der Waals surface area (Å²) < 4.78 is 2.07. The van der Waals surface area contributed by atoms with Crippen LogP contribution in [0.1, 0.15) is 19.9 Å². The average Bonchev–Trinajstić information content (AvgIpc) is 3.07. The first-order chi connectivity index (χ1) is 11.7. The van der Waals surface area contributed by atoms with Gasteiger partial charge in [-0.15, -0.1) is 0 Å². The fraction of sp³-hybridized carbons (Fsp3) is 0.150. The molecular weight excluding hydrogens is 296 g/mol. The number of hydrogen-bond donors (Lipinski definition) is 0. The van der Waals surface area contributed by atoms with E-state index in [9.17, 15) is 0 Å². The van der Waals surface area contributed by atoms with E-state index in [4.69, 9.17) is 0 Å². The SMILES string of the molecule is CC(C)n1cnc2c(-c3ccc(-c4ccccc4)cc3)ncnc21. The molecule has 2 aromatic carbocycles. The molecule has 0 spiro atoms. The largest absolute Gasteiger partial charge is 0.313 e. The van der Waals surface area contributed by atoms with Gasteiger partial charge in [0, 0.05) is 11.6 Å². The number of fused-ring (bicyclic) bond motifs is 1. The van der Waals surface area contributed by atoms with Gasteiger partial charge >= 0.3 is 0 Å². The summed E-state index contributed by atoms with van der Waals surface area (Å²) in [5, 5.41) is 0. The molecule has 0 aliphatic rings. The van der Waals surface area contributed by atoms with Crippen molar-refractivity contribution in [2.45, 2.75) is 19.9 Å². The number of nitrogens with zero attached hydrogens (tertiary/aromatic N) is 4. The summed E-state index contributed by atoms with van der Waals surface area (Å²) in [7, 11) is 0. The standard InChI is InChI=1S/C20H18N4/c1-14(2)24-13-23-19-18(21-12-22-20(19)24)17-10-8-16(9-11-17)15-6-4-3-5-7-15/h3-14H,1-2H3. The molecule has 0 bridgehead atoms. The molecule has 4 heteroatoms. The summed E-state index contributed by atoms with van der Waals surface area (Å²) in [6, 6.07) is 19.1. The minimum atomic E-state index is 0.318. The van der Waals surface area contributed by atoms with Gasteiger partial charge in [-0.05, 0) is 25.0 Å². The Labute approximate surface area is 140 Å². The first-order valence-corrected chi connectivity index (χ1v) is 8.07. The van der Waals surface area contributed by atoms with Crippen LogP contribution >= 0.6 is 0 Å². The first-order valence-electron chi connectivity index (χ1n) is 8.07. The summed E-state index contributed by atoms with van der Waals surface area (Å²) in [5.41, 5.74) is 6.05. The zero-order chi connectivity index (χ0) is 16.5. The lowest BCUT2D eigenvalue weighted by molar-refractivity contribution is 0.612. The Morgan fingerprint density at radius 1 is 0.750 bits per heavy atom. The van der Waals surface area contributed by atoms with Crippen LogP contribution in [-0.4, -0.2) is 19.5 Å². The molecule has 2 heterocycles. The number of benzene rings is 2. The molecule has 0 radical (unpaired) electrons. The molecule has 0 fully saturated rings. The predicted molar refractivity (Wildman–Crippen MR) is 96.6 cm³/mol. The molecule has 0 aliphatic heterocycles. The normalized spacial score (nSPS) is 11.3. The van der Waals surface area contributed by atoms with Crippen LogP contribution in [0.3, 0.4) is 0 Å². The van der Waals surface area contributed by atoms with Crippen LogP contribution in [0.25, 0.3) is 33.5 Å². The summed E-state index contributed by atoms with van der Waals surface area (Å²) in [4.78, 5) is 13.4. The van der Waals surface area contributed by atoms with Gasteiger partial charge in [0.25, 0.3) is 0 Å². The van der Waals surface area contributed by atoms with E-state index in [0.29, 0.717) is 6.04 Å². The molecule has 0 atom stereocenters. The van der Waals surface area contributed by atoms with Gasteiger partial charge in [-0.25, -0.2) is 15.0 Å². The molecule has 0 N–H and O–H groups in total. The highest BCUT2D eigenvalue weighted by Gasteiger charge is 2.13. The number of hydrogen-bond acceptors (Lipinski definition) is 3. The van der Waals surface area contributed by atoms with Crippen molar-refractivity contribution in [3.63, 3.8) is 0 Å². The van der Waals surface area contributed by atoms with E-state index in [1.54, 1.807) is 6.33 Å². The van der Waals surface area contributed by atoms with Crippen LogP contribution in [0.2, 0.25) is 0 Å². The van der Waals surface area contributed by atoms with Crippen molar-refractivity contribution in [1.82, 2.24) is 19.5 Å². The molecule has 0 amide bonds. The van der Waals surface area contributed by atoms with E-state index in [2.05, 4.69) is 81.9 Å². The fourth-order valence-corrected chi connectivity index (χ4v) is 2.89. The van der Waals surface area contributed by atoms with Crippen LogP contribution < -0.4 is 0 Å². The Balaban J connectivity index is 1.78. The highest BCUT2D eigenvalue weighted by atomic mass is 15.1. The summed E-state index contributed by atoms with van der Waals surface area (Å²) in [6.07, 6.45) is 3.45. The van der Waals surface area contributed by atoms with Crippen LogP contribution in [0.4, 0.5) is 0 Å². The lowest BCUT2D eigenvalue weighted by Crippen LogP contribution is -2.00. The van der Waals surface area contributed by atoms with E-state index in [-0.39, 0.29) is 0 Å². The minimum absolute atomic E-state index is 0.318. The monoisotopic (exact) mass is 314 g/mol. The van der Waals surface area contributed by atoms with Gasteiger partial charge < -0.3 is 4.57 Å². The number of imidazole rings is 1. The van der Waals surface area contributed by atoms with Gasteiger partial charge in [0.2, 0.25) is 0 Å². The van der Waals surface area contributed by atoms with Crippen molar-refractivity contribution >= 4 is 11.2 Å². The van der Waals surface area contributed by atoms with Crippen molar-refractivity contribution in [1.29, 1.82) is 0 Å². The van der Waals surface area contributed by atoms with Gasteiger partial charge in [0.1, 0.15) is 17.5 Å². The molecule has 0 aliphatic carbocycles. The Kier molecular flexibility index (Phi) is 3.58. The molecule has 4 nitrogen and oxygen atoms in total. The fourth-order valence-electron chi connectivity index (χ4n) is 2.89. The van der Waals surface area contributed by atoms with E-state index in [1.807, 2.05) is 12.4 Å². The number of aromatic nitrogens is 4. The third-order valence-corrected chi connectivity index (χ3v) is 4.18. The summed E-state index contributed by atoms with van der Waals surface area (Å²) >= 11 is 0. The summed E-state index contributed by atoms with van der Waals surface area (Å²) in [5.74, 6) is 0.